The smallest absolute Gasteiger partial charge is 0.153 e. The maximum absolute atomic E-state index is 11.1. The van der Waals surface area contributed by atoms with E-state index < -0.39 is 0 Å². The lowest BCUT2D eigenvalue weighted by Gasteiger charge is -2.12. The van der Waals surface area contributed by atoms with E-state index in [1.54, 1.807) is 13.3 Å². The number of rotatable bonds is 4. The van der Waals surface area contributed by atoms with Gasteiger partial charge in [-0.1, -0.05) is 12.1 Å². The molecule has 0 atom stereocenters. The Morgan fingerprint density at radius 1 is 1.39 bits per heavy atom. The molecule has 2 rings (SSSR count). The number of methoxy groups -OCH3 is 1. The van der Waals surface area contributed by atoms with E-state index in [1.165, 1.54) is 0 Å². The Labute approximate surface area is 106 Å². The van der Waals surface area contributed by atoms with Gasteiger partial charge in [-0.25, -0.2) is 0 Å². The minimum atomic E-state index is 0.194. The molecule has 0 spiro atoms. The first kappa shape index (κ1) is 12.4. The van der Waals surface area contributed by atoms with Crippen molar-refractivity contribution >= 4 is 6.29 Å². The summed E-state index contributed by atoms with van der Waals surface area (Å²) in [7, 11) is 1.62. The summed E-state index contributed by atoms with van der Waals surface area (Å²) >= 11 is 0. The fourth-order valence-electron chi connectivity index (χ4n) is 1.92. The predicted molar refractivity (Wildman–Crippen MR) is 70.0 cm³/mol. The lowest BCUT2D eigenvalue weighted by atomic mass is 10.1. The van der Waals surface area contributed by atoms with Crippen molar-refractivity contribution in [2.45, 2.75) is 19.9 Å². The van der Waals surface area contributed by atoms with Crippen molar-refractivity contribution < 1.29 is 9.53 Å². The van der Waals surface area contributed by atoms with Crippen LogP contribution in [-0.2, 0) is 0 Å². The van der Waals surface area contributed by atoms with E-state index in [2.05, 4.69) is 5.10 Å². The van der Waals surface area contributed by atoms with Gasteiger partial charge in [-0.3, -0.25) is 9.48 Å². The Morgan fingerprint density at radius 2 is 2.17 bits per heavy atom. The molecule has 1 aromatic heterocycles. The van der Waals surface area contributed by atoms with Crippen LogP contribution in [0.1, 0.15) is 30.2 Å². The number of carbonyl (C=O) groups excluding carboxylic acids is 1. The van der Waals surface area contributed by atoms with Gasteiger partial charge in [0.1, 0.15) is 5.75 Å². The molecular weight excluding hydrogens is 228 g/mol. The summed E-state index contributed by atoms with van der Waals surface area (Å²) in [4.78, 5) is 11.1. The van der Waals surface area contributed by atoms with Gasteiger partial charge in [-0.15, -0.1) is 0 Å². The van der Waals surface area contributed by atoms with Gasteiger partial charge in [0.2, 0.25) is 0 Å². The Morgan fingerprint density at radius 3 is 2.78 bits per heavy atom. The number of hydrogen-bond acceptors (Lipinski definition) is 3. The van der Waals surface area contributed by atoms with Gasteiger partial charge < -0.3 is 4.74 Å². The van der Waals surface area contributed by atoms with Crippen LogP contribution in [0.15, 0.2) is 30.5 Å². The maximum atomic E-state index is 11.1. The number of carbonyl (C=O) groups is 1. The molecule has 94 valence electrons. The van der Waals surface area contributed by atoms with Gasteiger partial charge in [-0.2, -0.15) is 5.10 Å². The van der Waals surface area contributed by atoms with Crippen LogP contribution in [0.5, 0.6) is 5.75 Å². The average molecular weight is 244 g/mol. The molecule has 0 amide bonds. The van der Waals surface area contributed by atoms with Gasteiger partial charge in [0.05, 0.1) is 24.6 Å². The summed E-state index contributed by atoms with van der Waals surface area (Å²) in [6.45, 7) is 4.07. The summed E-state index contributed by atoms with van der Waals surface area (Å²) < 4.78 is 7.05. The molecule has 2 aromatic rings. The Balaban J connectivity index is 2.60. The number of aromatic nitrogens is 2. The SMILES string of the molecule is COc1cccc(-c2c(C=O)cnn2C(C)C)c1. The number of nitrogens with zero attached hydrogens (tertiary/aromatic N) is 2. The first-order valence-corrected chi connectivity index (χ1v) is 5.84. The average Bonchev–Trinajstić information content (AvgIpc) is 2.82. The molecule has 1 heterocycles. The van der Waals surface area contributed by atoms with Crippen LogP contribution in [0.25, 0.3) is 11.3 Å². The molecule has 0 N–H and O–H groups in total. The van der Waals surface area contributed by atoms with E-state index in [-0.39, 0.29) is 6.04 Å². The zero-order chi connectivity index (χ0) is 13.1. The molecule has 4 nitrogen and oxygen atoms in total. The number of benzene rings is 1. The van der Waals surface area contributed by atoms with E-state index in [0.29, 0.717) is 5.56 Å². The minimum Gasteiger partial charge on any atom is -0.497 e. The van der Waals surface area contributed by atoms with Crippen LogP contribution in [0.2, 0.25) is 0 Å². The molecule has 0 radical (unpaired) electrons. The highest BCUT2D eigenvalue weighted by Gasteiger charge is 2.14. The van der Waals surface area contributed by atoms with Crippen LogP contribution < -0.4 is 4.74 Å². The summed E-state index contributed by atoms with van der Waals surface area (Å²) in [6.07, 6.45) is 2.43. The molecule has 0 fully saturated rings. The molecule has 0 aliphatic carbocycles. The van der Waals surface area contributed by atoms with Crippen LogP contribution in [0, 0.1) is 0 Å². The van der Waals surface area contributed by atoms with E-state index >= 15 is 0 Å². The van der Waals surface area contributed by atoms with E-state index in [9.17, 15) is 4.79 Å². The van der Waals surface area contributed by atoms with Crippen LogP contribution in [0.4, 0.5) is 0 Å². The highest BCUT2D eigenvalue weighted by atomic mass is 16.5. The fraction of sp³-hybridized carbons (Fsp3) is 0.286. The van der Waals surface area contributed by atoms with Gasteiger partial charge in [-0.05, 0) is 26.0 Å². The first-order chi connectivity index (χ1) is 8.67. The summed E-state index contributed by atoms with van der Waals surface area (Å²) in [5.41, 5.74) is 2.36. The highest BCUT2D eigenvalue weighted by molar-refractivity contribution is 5.85. The summed E-state index contributed by atoms with van der Waals surface area (Å²) in [5, 5.41) is 4.26. The Hall–Kier alpha value is -2.10. The second-order valence-corrected chi connectivity index (χ2v) is 4.34. The van der Waals surface area contributed by atoms with Gasteiger partial charge in [0.25, 0.3) is 0 Å². The standard InChI is InChI=1S/C14H16N2O2/c1-10(2)16-14(12(9-17)8-15-16)11-5-4-6-13(7-11)18-3/h4-10H,1-3H3. The normalized spacial score (nSPS) is 10.7. The molecule has 0 bridgehead atoms. The molecule has 18 heavy (non-hydrogen) atoms. The van der Waals surface area contributed by atoms with Crippen molar-refractivity contribution in [2.24, 2.45) is 0 Å². The molecule has 0 unspecified atom stereocenters. The largest absolute Gasteiger partial charge is 0.497 e. The quantitative estimate of drug-likeness (QED) is 0.777. The number of ether oxygens (including phenoxy) is 1. The van der Waals surface area contributed by atoms with E-state index in [1.807, 2.05) is 42.8 Å². The Kier molecular flexibility index (Phi) is 3.46. The second kappa shape index (κ2) is 5.04. The summed E-state index contributed by atoms with van der Waals surface area (Å²) in [5.74, 6) is 0.765. The van der Waals surface area contributed by atoms with Crippen molar-refractivity contribution in [3.63, 3.8) is 0 Å². The maximum Gasteiger partial charge on any atom is 0.153 e. The van der Waals surface area contributed by atoms with Crippen molar-refractivity contribution in [1.82, 2.24) is 9.78 Å². The molecule has 0 saturated carbocycles. The molecule has 0 saturated heterocycles. The van der Waals surface area contributed by atoms with Crippen molar-refractivity contribution in [1.29, 1.82) is 0 Å². The molecular formula is C14H16N2O2. The van der Waals surface area contributed by atoms with Crippen LogP contribution >= 0.6 is 0 Å². The monoisotopic (exact) mass is 244 g/mol. The fourth-order valence-corrected chi connectivity index (χ4v) is 1.92. The van der Waals surface area contributed by atoms with E-state index in [4.69, 9.17) is 4.74 Å². The first-order valence-electron chi connectivity index (χ1n) is 5.84. The van der Waals surface area contributed by atoms with Crippen molar-refractivity contribution in [3.8, 4) is 17.0 Å². The molecule has 4 heteroatoms. The van der Waals surface area contributed by atoms with Crippen molar-refractivity contribution in [3.05, 3.63) is 36.0 Å². The molecule has 1 aromatic carbocycles. The number of hydrogen-bond donors (Lipinski definition) is 0. The van der Waals surface area contributed by atoms with Gasteiger partial charge in [0.15, 0.2) is 6.29 Å². The topological polar surface area (TPSA) is 44.1 Å². The van der Waals surface area contributed by atoms with Gasteiger partial charge >= 0.3 is 0 Å². The van der Waals surface area contributed by atoms with E-state index in [0.717, 1.165) is 23.3 Å². The summed E-state index contributed by atoms with van der Waals surface area (Å²) in [6, 6.07) is 7.83. The predicted octanol–water partition coefficient (Wildman–Crippen LogP) is 2.95. The third kappa shape index (κ3) is 2.14. The molecule has 0 aliphatic rings. The lowest BCUT2D eigenvalue weighted by Crippen LogP contribution is -2.05. The lowest BCUT2D eigenvalue weighted by molar-refractivity contribution is 0.112. The third-order valence-electron chi connectivity index (χ3n) is 2.78. The second-order valence-electron chi connectivity index (χ2n) is 4.34. The van der Waals surface area contributed by atoms with Crippen LogP contribution in [0.3, 0.4) is 0 Å². The Bertz CT molecular complexity index is 559. The zero-order valence-electron chi connectivity index (χ0n) is 10.8. The third-order valence-corrected chi connectivity index (χ3v) is 2.78. The minimum absolute atomic E-state index is 0.194. The van der Waals surface area contributed by atoms with Crippen LogP contribution in [-0.4, -0.2) is 23.2 Å². The van der Waals surface area contributed by atoms with Gasteiger partial charge in [0, 0.05) is 11.6 Å². The number of aldehydes is 1. The zero-order valence-corrected chi connectivity index (χ0v) is 10.8. The molecule has 0 aliphatic heterocycles. The van der Waals surface area contributed by atoms with Crippen molar-refractivity contribution in [2.75, 3.05) is 7.11 Å². The highest BCUT2D eigenvalue weighted by Crippen LogP contribution is 2.28.